The van der Waals surface area contributed by atoms with Gasteiger partial charge in [0.05, 0.1) is 10.0 Å². The Morgan fingerprint density at radius 3 is 2.50 bits per heavy atom. The number of hydrogen-bond donors (Lipinski definition) is 0. The maximum absolute atomic E-state index is 12.4. The van der Waals surface area contributed by atoms with E-state index in [1.807, 2.05) is 61.5 Å². The van der Waals surface area contributed by atoms with Crippen LogP contribution in [0.2, 0.25) is 0 Å². The standard InChI is InChI=1S/C24H17Br2NO3/c1-15-7-9-16(10-8-15)14-29-23-18(11-19(25)13-21(23)26)12-20-22(27-30-24(20)28)17-5-3-2-4-6-17/h2-13H,14H2,1H3/b20-12-. The van der Waals surface area contributed by atoms with Gasteiger partial charge in [0.25, 0.3) is 0 Å². The van der Waals surface area contributed by atoms with Crippen molar-refractivity contribution in [1.29, 1.82) is 0 Å². The Labute approximate surface area is 191 Å². The van der Waals surface area contributed by atoms with Crippen molar-refractivity contribution in [3.8, 4) is 5.75 Å². The van der Waals surface area contributed by atoms with Gasteiger partial charge in [0, 0.05) is 15.6 Å². The van der Waals surface area contributed by atoms with Gasteiger partial charge in [0.15, 0.2) is 0 Å². The molecule has 0 fully saturated rings. The summed E-state index contributed by atoms with van der Waals surface area (Å²) in [4.78, 5) is 17.3. The summed E-state index contributed by atoms with van der Waals surface area (Å²) in [5, 5.41) is 3.98. The Morgan fingerprint density at radius 2 is 1.77 bits per heavy atom. The molecule has 0 unspecified atom stereocenters. The maximum atomic E-state index is 12.4. The summed E-state index contributed by atoms with van der Waals surface area (Å²) in [5.41, 5.74) is 4.68. The van der Waals surface area contributed by atoms with Gasteiger partial charge in [-0.05, 0) is 46.6 Å². The molecule has 3 aromatic carbocycles. The first-order valence-corrected chi connectivity index (χ1v) is 10.8. The summed E-state index contributed by atoms with van der Waals surface area (Å²) in [5.74, 6) is 0.146. The summed E-state index contributed by atoms with van der Waals surface area (Å²) in [6.07, 6.45) is 1.75. The molecule has 6 heteroatoms. The van der Waals surface area contributed by atoms with Crippen LogP contribution in [0.15, 0.2) is 86.4 Å². The number of nitrogens with zero attached hydrogens (tertiary/aromatic N) is 1. The number of aryl methyl sites for hydroxylation is 1. The monoisotopic (exact) mass is 525 g/mol. The summed E-state index contributed by atoms with van der Waals surface area (Å²) >= 11 is 7.09. The minimum Gasteiger partial charge on any atom is -0.487 e. The number of hydrogen-bond acceptors (Lipinski definition) is 4. The first-order valence-electron chi connectivity index (χ1n) is 9.25. The largest absolute Gasteiger partial charge is 0.487 e. The number of carbonyl (C=O) groups is 1. The summed E-state index contributed by atoms with van der Waals surface area (Å²) < 4.78 is 7.76. The summed E-state index contributed by atoms with van der Waals surface area (Å²) in [6.45, 7) is 2.45. The number of halogens is 2. The van der Waals surface area contributed by atoms with Gasteiger partial charge in [0.2, 0.25) is 0 Å². The molecule has 0 saturated heterocycles. The van der Waals surface area contributed by atoms with Crippen LogP contribution < -0.4 is 4.74 Å². The SMILES string of the molecule is Cc1ccc(COc2c(Br)cc(Br)cc2/C=C2\C(=O)ON=C2c2ccccc2)cc1. The van der Waals surface area contributed by atoms with Crippen LogP contribution in [0.1, 0.15) is 22.3 Å². The molecule has 0 radical (unpaired) electrons. The molecule has 1 aliphatic heterocycles. The molecule has 3 aromatic rings. The zero-order valence-electron chi connectivity index (χ0n) is 16.1. The number of rotatable bonds is 5. The van der Waals surface area contributed by atoms with Crippen LogP contribution in [0.3, 0.4) is 0 Å². The molecule has 1 heterocycles. The third-order valence-corrected chi connectivity index (χ3v) is 5.63. The van der Waals surface area contributed by atoms with Crippen LogP contribution in [-0.2, 0) is 16.2 Å². The highest BCUT2D eigenvalue weighted by Crippen LogP contribution is 2.36. The second kappa shape index (κ2) is 8.98. The summed E-state index contributed by atoms with van der Waals surface area (Å²) in [6, 6.07) is 21.5. The van der Waals surface area contributed by atoms with E-state index in [0.29, 0.717) is 23.6 Å². The molecule has 0 atom stereocenters. The van der Waals surface area contributed by atoms with E-state index in [0.717, 1.165) is 25.6 Å². The van der Waals surface area contributed by atoms with Crippen LogP contribution in [0.25, 0.3) is 6.08 Å². The van der Waals surface area contributed by atoms with Crippen molar-refractivity contribution in [3.63, 3.8) is 0 Å². The molecule has 0 aliphatic carbocycles. The van der Waals surface area contributed by atoms with E-state index < -0.39 is 5.97 Å². The second-order valence-electron chi connectivity index (χ2n) is 6.82. The lowest BCUT2D eigenvalue weighted by molar-refractivity contribution is -0.136. The third kappa shape index (κ3) is 4.55. The molecule has 4 rings (SSSR count). The van der Waals surface area contributed by atoms with Gasteiger partial charge in [-0.25, -0.2) is 4.79 Å². The maximum Gasteiger partial charge on any atom is 0.368 e. The quantitative estimate of drug-likeness (QED) is 0.284. The van der Waals surface area contributed by atoms with Gasteiger partial charge in [0.1, 0.15) is 18.1 Å². The molecule has 0 aromatic heterocycles. The Hall–Kier alpha value is -2.70. The molecule has 0 bridgehead atoms. The molecule has 4 nitrogen and oxygen atoms in total. The summed E-state index contributed by atoms with van der Waals surface area (Å²) in [7, 11) is 0. The average Bonchev–Trinajstić information content (AvgIpc) is 3.09. The smallest absolute Gasteiger partial charge is 0.368 e. The van der Waals surface area contributed by atoms with Crippen molar-refractivity contribution in [3.05, 3.63) is 104 Å². The average molecular weight is 527 g/mol. The van der Waals surface area contributed by atoms with Crippen molar-refractivity contribution in [2.24, 2.45) is 5.16 Å². The predicted octanol–water partition coefficient (Wildman–Crippen LogP) is 6.44. The van der Waals surface area contributed by atoms with E-state index in [-0.39, 0.29) is 0 Å². The highest BCUT2D eigenvalue weighted by Gasteiger charge is 2.27. The highest BCUT2D eigenvalue weighted by molar-refractivity contribution is 9.11. The molecular weight excluding hydrogens is 510 g/mol. The van der Waals surface area contributed by atoms with E-state index in [4.69, 9.17) is 9.57 Å². The topological polar surface area (TPSA) is 47.9 Å². The van der Waals surface area contributed by atoms with Crippen molar-refractivity contribution in [2.45, 2.75) is 13.5 Å². The van der Waals surface area contributed by atoms with Gasteiger partial charge >= 0.3 is 5.97 Å². The predicted molar refractivity (Wildman–Crippen MR) is 124 cm³/mol. The van der Waals surface area contributed by atoms with Crippen LogP contribution in [0.4, 0.5) is 0 Å². The Morgan fingerprint density at radius 1 is 1.03 bits per heavy atom. The molecular formula is C24H17Br2NO3. The van der Waals surface area contributed by atoms with Gasteiger partial charge in [-0.15, -0.1) is 0 Å². The molecule has 0 spiro atoms. The second-order valence-corrected chi connectivity index (χ2v) is 8.59. The Bertz CT molecular complexity index is 1150. The lowest BCUT2D eigenvalue weighted by Crippen LogP contribution is -2.07. The lowest BCUT2D eigenvalue weighted by Gasteiger charge is -2.13. The molecule has 0 amide bonds. The fourth-order valence-electron chi connectivity index (χ4n) is 3.05. The number of carbonyl (C=O) groups excluding carboxylic acids is 1. The lowest BCUT2D eigenvalue weighted by atomic mass is 10.0. The molecule has 30 heavy (non-hydrogen) atoms. The van der Waals surface area contributed by atoms with Gasteiger partial charge in [-0.3, -0.25) is 0 Å². The van der Waals surface area contributed by atoms with Crippen molar-refractivity contribution in [1.82, 2.24) is 0 Å². The van der Waals surface area contributed by atoms with Crippen molar-refractivity contribution < 1.29 is 14.4 Å². The van der Waals surface area contributed by atoms with Crippen molar-refractivity contribution in [2.75, 3.05) is 0 Å². The molecule has 1 aliphatic rings. The fourth-order valence-corrected chi connectivity index (χ4v) is 4.42. The van der Waals surface area contributed by atoms with Crippen molar-refractivity contribution >= 4 is 49.6 Å². The number of ether oxygens (including phenoxy) is 1. The van der Waals surface area contributed by atoms with E-state index >= 15 is 0 Å². The highest BCUT2D eigenvalue weighted by atomic mass is 79.9. The third-order valence-electron chi connectivity index (χ3n) is 4.58. The van der Waals surface area contributed by atoms with Crippen LogP contribution in [0, 0.1) is 6.92 Å². The van der Waals surface area contributed by atoms with Gasteiger partial charge in [-0.2, -0.15) is 0 Å². The Kier molecular flexibility index (Phi) is 6.16. The molecule has 0 N–H and O–H groups in total. The van der Waals surface area contributed by atoms with Crippen LogP contribution in [-0.4, -0.2) is 11.7 Å². The minimum absolute atomic E-state index is 0.381. The van der Waals surface area contributed by atoms with Crippen LogP contribution >= 0.6 is 31.9 Å². The first kappa shape index (κ1) is 20.6. The zero-order valence-corrected chi connectivity index (χ0v) is 19.2. The molecule has 0 saturated carbocycles. The zero-order chi connectivity index (χ0) is 21.1. The van der Waals surface area contributed by atoms with E-state index in [2.05, 4.69) is 49.1 Å². The van der Waals surface area contributed by atoms with E-state index in [9.17, 15) is 4.79 Å². The number of oxime groups is 1. The fraction of sp³-hybridized carbons (Fsp3) is 0.0833. The minimum atomic E-state index is -0.491. The number of benzene rings is 3. The van der Waals surface area contributed by atoms with Crippen LogP contribution in [0.5, 0.6) is 5.75 Å². The van der Waals surface area contributed by atoms with Gasteiger partial charge < -0.3 is 9.57 Å². The van der Waals surface area contributed by atoms with E-state index in [1.165, 1.54) is 5.56 Å². The normalized spacial score (nSPS) is 14.6. The first-order chi connectivity index (χ1) is 14.5. The van der Waals surface area contributed by atoms with E-state index in [1.54, 1.807) is 6.08 Å². The Balaban J connectivity index is 1.70. The van der Waals surface area contributed by atoms with Gasteiger partial charge in [-0.1, -0.05) is 81.2 Å². The molecule has 150 valence electrons.